The molecule has 2 aliphatic rings. The zero-order chi connectivity index (χ0) is 79.5. The standard InChI is InChI=1S/C54H55NO.C53H53NO.BBr3/c1-4-6-8-12-20-40-28-32-42(33-29-40)54(43-34-30-41(31-35-43)21-13-9-7-5-2)50-38-46(55(44-22-14-10-15-23-44)45-24-16-11-17-25-45)36-37-49(50)53-48-27-19-18-26-47(48)52(56-3)39-51(53)54;1-3-5-7-11-19-39-27-31-41(32-28-39)53(42-33-29-40(30-34-42)20-12-8-6-4-2)49-37-45(54(43-21-13-9-14-22-43)44-23-15-10-16-24-44)35-36-48(49)52-47-26-18-17-25-46(47)51(55)38-50(52)53;2-1(3)4/h10-11,14-19,22-39H,4-9,12-13,20-21H2,1-3H3;9-10,13-18,21-38,55H,3-8,11-12,19-20H2,1-2H3;. The number of methoxy groups -OCH3 is 1. The number of rotatable bonds is 31. The van der Waals surface area contributed by atoms with E-state index >= 15 is 0 Å². The Morgan fingerprint density at radius 3 is 0.870 bits per heavy atom. The summed E-state index contributed by atoms with van der Waals surface area (Å²) in [6.45, 7) is 9.12. The van der Waals surface area contributed by atoms with Crippen molar-refractivity contribution in [3.8, 4) is 33.8 Å². The number of aromatic hydroxyl groups is 1. The third-order valence-electron chi connectivity index (χ3n) is 23.8. The quantitative estimate of drug-likeness (QED) is 0.0347. The molecular formula is C107H108BBr3N2O2. The zero-order valence-electron chi connectivity index (χ0n) is 67.6. The lowest BCUT2D eigenvalue weighted by Gasteiger charge is -2.35. The summed E-state index contributed by atoms with van der Waals surface area (Å²) in [6, 6.07) is 117. The molecule has 115 heavy (non-hydrogen) atoms. The number of para-hydroxylation sites is 4. The van der Waals surface area contributed by atoms with Gasteiger partial charge in [-0.05, 0) is 236 Å². The molecule has 14 aromatic rings. The van der Waals surface area contributed by atoms with Gasteiger partial charge in [-0.15, -0.1) is 47.3 Å². The highest BCUT2D eigenvalue weighted by molar-refractivity contribution is 9.69. The zero-order valence-corrected chi connectivity index (χ0v) is 72.4. The molecule has 0 amide bonds. The van der Waals surface area contributed by atoms with Crippen LogP contribution in [0.2, 0.25) is 0 Å². The molecule has 16 rings (SSSR count). The van der Waals surface area contributed by atoms with Crippen molar-refractivity contribution < 1.29 is 9.84 Å². The smallest absolute Gasteiger partial charge is 0.369 e. The van der Waals surface area contributed by atoms with Gasteiger partial charge in [0.2, 0.25) is 0 Å². The number of nitrogens with zero attached hydrogens (tertiary/aromatic N) is 2. The number of halogens is 3. The summed E-state index contributed by atoms with van der Waals surface area (Å²) in [6.07, 6.45) is 24.5. The Balaban J connectivity index is 0.000000182. The molecule has 0 saturated heterocycles. The van der Waals surface area contributed by atoms with E-state index in [0.717, 1.165) is 87.3 Å². The fourth-order valence-corrected chi connectivity index (χ4v) is 18.2. The van der Waals surface area contributed by atoms with E-state index in [1.165, 1.54) is 192 Å². The fourth-order valence-electron chi connectivity index (χ4n) is 18.2. The van der Waals surface area contributed by atoms with Crippen LogP contribution in [0.1, 0.15) is 197 Å². The van der Waals surface area contributed by atoms with E-state index in [1.807, 2.05) is 19.2 Å². The van der Waals surface area contributed by atoms with E-state index in [9.17, 15) is 5.11 Å². The van der Waals surface area contributed by atoms with Gasteiger partial charge in [-0.2, -0.15) is 0 Å². The first-order valence-corrected chi connectivity index (χ1v) is 45.0. The lowest BCUT2D eigenvalue weighted by atomic mass is 9.67. The van der Waals surface area contributed by atoms with Crippen molar-refractivity contribution in [2.75, 3.05) is 16.9 Å². The number of ether oxygens (including phenoxy) is 1. The van der Waals surface area contributed by atoms with Crippen molar-refractivity contribution >= 4 is 106 Å². The van der Waals surface area contributed by atoms with Crippen LogP contribution in [-0.2, 0) is 36.5 Å². The van der Waals surface area contributed by atoms with Crippen LogP contribution >= 0.6 is 47.3 Å². The average molecular weight is 1700 g/mol. The third-order valence-corrected chi connectivity index (χ3v) is 23.8. The number of fused-ring (bicyclic) bond motifs is 10. The Morgan fingerprint density at radius 1 is 0.287 bits per heavy atom. The lowest BCUT2D eigenvalue weighted by Crippen LogP contribution is -2.29. The molecule has 0 fully saturated rings. The second kappa shape index (κ2) is 39.3. The number of hydrogen-bond donors (Lipinski definition) is 1. The van der Waals surface area contributed by atoms with E-state index in [-0.39, 0.29) is 3.18 Å². The van der Waals surface area contributed by atoms with Crippen molar-refractivity contribution in [3.63, 3.8) is 0 Å². The SMILES string of the molecule is BrB(Br)Br.CCCCCCc1ccc(C2(c3ccc(CCCCCC)cc3)c3cc(N(c4ccccc4)c4ccccc4)ccc3-c3c2cc(O)c2ccccc32)cc1.CCCCCCc1ccc(C2(c3ccc(CCCCCC)cc3)c3cc(N(c4ccccc4)c4ccccc4)ccc3-c3c2cc(OC)c2ccccc32)cc1. The Morgan fingerprint density at radius 2 is 0.565 bits per heavy atom. The molecule has 2 aliphatic carbocycles. The molecule has 0 aliphatic heterocycles. The average Bonchev–Trinajstić information content (AvgIpc) is 1.53. The second-order valence-electron chi connectivity index (χ2n) is 31.2. The number of aryl methyl sites for hydroxylation is 4. The Labute approximate surface area is 710 Å². The van der Waals surface area contributed by atoms with E-state index < -0.39 is 10.8 Å². The van der Waals surface area contributed by atoms with Gasteiger partial charge in [-0.3, -0.25) is 0 Å². The van der Waals surface area contributed by atoms with Crippen molar-refractivity contribution in [1.82, 2.24) is 0 Å². The molecule has 0 spiro atoms. The highest BCUT2D eigenvalue weighted by Gasteiger charge is 2.50. The maximum atomic E-state index is 11.8. The van der Waals surface area contributed by atoms with Gasteiger partial charge in [-0.25, -0.2) is 0 Å². The van der Waals surface area contributed by atoms with Crippen LogP contribution in [0.15, 0.2) is 315 Å². The molecule has 0 heterocycles. The molecule has 0 unspecified atom stereocenters. The van der Waals surface area contributed by atoms with Crippen LogP contribution < -0.4 is 14.5 Å². The molecule has 8 heteroatoms. The topological polar surface area (TPSA) is 35.9 Å². The number of phenolic OH excluding ortho intramolecular Hbond substituents is 1. The highest BCUT2D eigenvalue weighted by Crippen LogP contribution is 2.62. The Bertz CT molecular complexity index is 5270. The predicted octanol–water partition coefficient (Wildman–Crippen LogP) is 31.7. The van der Waals surface area contributed by atoms with Crippen LogP contribution in [0.5, 0.6) is 11.5 Å². The largest absolute Gasteiger partial charge is 0.507 e. The maximum absolute atomic E-state index is 11.8. The molecular weight excluding hydrogens is 1600 g/mol. The van der Waals surface area contributed by atoms with Gasteiger partial charge in [0.1, 0.15) is 11.5 Å². The van der Waals surface area contributed by atoms with Gasteiger partial charge in [0.05, 0.1) is 17.9 Å². The summed E-state index contributed by atoms with van der Waals surface area (Å²) in [7, 11) is 1.81. The summed E-state index contributed by atoms with van der Waals surface area (Å²) in [5.74, 6) is 1.23. The normalized spacial score (nSPS) is 12.5. The molecule has 0 saturated carbocycles. The van der Waals surface area contributed by atoms with E-state index in [1.54, 1.807) is 0 Å². The van der Waals surface area contributed by atoms with Gasteiger partial charge < -0.3 is 19.6 Å². The van der Waals surface area contributed by atoms with Gasteiger partial charge >= 0.3 is 3.18 Å². The summed E-state index contributed by atoms with van der Waals surface area (Å²) >= 11 is 9.31. The van der Waals surface area contributed by atoms with E-state index in [2.05, 4.69) is 388 Å². The van der Waals surface area contributed by atoms with Crippen molar-refractivity contribution in [1.29, 1.82) is 0 Å². The monoisotopic (exact) mass is 1700 g/mol. The number of hydrogen-bond acceptors (Lipinski definition) is 4. The molecule has 14 aromatic carbocycles. The summed E-state index contributed by atoms with van der Waals surface area (Å²) in [5, 5.41) is 16.2. The molecule has 1 N–H and O–H groups in total. The van der Waals surface area contributed by atoms with Crippen LogP contribution in [-0.4, -0.2) is 15.4 Å². The minimum absolute atomic E-state index is 0.271. The Kier molecular flexibility index (Phi) is 28.0. The number of unbranched alkanes of at least 4 members (excludes halogenated alkanes) is 12. The first-order chi connectivity index (χ1) is 56.5. The van der Waals surface area contributed by atoms with Crippen LogP contribution in [0.3, 0.4) is 0 Å². The fraction of sp³-hybridized carbons (Fsp3) is 0.252. The molecule has 0 atom stereocenters. The first kappa shape index (κ1) is 81.9. The molecule has 4 nitrogen and oxygen atoms in total. The summed E-state index contributed by atoms with van der Waals surface area (Å²) in [4.78, 5) is 4.76. The number of phenols is 1. The first-order valence-electron chi connectivity index (χ1n) is 42.3. The second-order valence-corrected chi connectivity index (χ2v) is 37.6. The van der Waals surface area contributed by atoms with Crippen LogP contribution in [0.25, 0.3) is 43.8 Å². The predicted molar refractivity (Wildman–Crippen MR) is 504 cm³/mol. The number of benzene rings is 14. The minimum Gasteiger partial charge on any atom is -0.507 e. The minimum atomic E-state index is -0.664. The molecule has 0 radical (unpaired) electrons. The number of anilines is 6. The van der Waals surface area contributed by atoms with Crippen molar-refractivity contribution in [2.45, 2.75) is 167 Å². The molecule has 0 aromatic heterocycles. The van der Waals surface area contributed by atoms with E-state index in [4.69, 9.17) is 4.74 Å². The van der Waals surface area contributed by atoms with Gasteiger partial charge in [0.25, 0.3) is 0 Å². The highest BCUT2D eigenvalue weighted by atomic mass is 79.9. The summed E-state index contributed by atoms with van der Waals surface area (Å²) < 4.78 is 6.52. The summed E-state index contributed by atoms with van der Waals surface area (Å²) in [5.41, 5.74) is 26.0. The van der Waals surface area contributed by atoms with Crippen LogP contribution in [0.4, 0.5) is 34.1 Å². The van der Waals surface area contributed by atoms with Gasteiger partial charge in [0.15, 0.2) is 0 Å². The van der Waals surface area contributed by atoms with Gasteiger partial charge in [-0.1, -0.05) is 335 Å². The molecule has 0 bridgehead atoms. The Hall–Kier alpha value is -9.70. The van der Waals surface area contributed by atoms with E-state index in [0.29, 0.717) is 5.75 Å². The van der Waals surface area contributed by atoms with Crippen molar-refractivity contribution in [3.05, 3.63) is 382 Å². The van der Waals surface area contributed by atoms with Gasteiger partial charge in [0, 0.05) is 44.9 Å². The van der Waals surface area contributed by atoms with Crippen molar-refractivity contribution in [2.24, 2.45) is 0 Å². The maximum Gasteiger partial charge on any atom is 0.369 e. The lowest BCUT2D eigenvalue weighted by molar-refractivity contribution is 0.419. The van der Waals surface area contributed by atoms with Crippen LogP contribution in [0, 0.1) is 0 Å². The third kappa shape index (κ3) is 17.7. The molecule has 582 valence electrons.